The highest BCUT2D eigenvalue weighted by atomic mass is 32.2. The average Bonchev–Trinajstić information content (AvgIpc) is 1.35. The molecule has 6 heterocycles. The Balaban J connectivity index is 0.000000193. The Morgan fingerprint density at radius 1 is 0.293 bits per heavy atom. The van der Waals surface area contributed by atoms with Gasteiger partial charge < -0.3 is 127 Å². The summed E-state index contributed by atoms with van der Waals surface area (Å²) in [5, 5.41) is 52.5. The van der Waals surface area contributed by atoms with E-state index >= 15 is 0 Å². The first-order valence-electron chi connectivity index (χ1n) is 38.9. The van der Waals surface area contributed by atoms with Crippen LogP contribution in [-0.4, -0.2) is 232 Å². The fourth-order valence-corrected chi connectivity index (χ4v) is 12.9. The summed E-state index contributed by atoms with van der Waals surface area (Å²) in [4.78, 5) is 65.1. The van der Waals surface area contributed by atoms with Crippen molar-refractivity contribution >= 4 is 47.6 Å². The summed E-state index contributed by atoms with van der Waals surface area (Å²) in [6.45, 7) is 8.34. The van der Waals surface area contributed by atoms with Crippen molar-refractivity contribution in [3.8, 4) is 5.75 Å². The van der Waals surface area contributed by atoms with Gasteiger partial charge in [0.2, 0.25) is 0 Å². The standard InChI is InChI=1S/C16H23NO4.C15H21NO4.C14H19NO4.C13H17NO5.C13H17NO4S.C13H17NO4/c17-14(16(18)19)11-13-7-5-12(6-8-13)3-1-2-4-15-20-9-10-21-15;16-13(15(17)18)10-12-6-4-11(5-7-12)2-1-3-14-19-8-9-20-14;15-12(14(16)17)9-11-3-1-10(2-4-11)5-6-13-18-7-8-19-13;2*14-11(13(15)16)7-9-1-3-10(4-2-9)19-8-12-17-5-6-18-12;14-11(13(15)16)7-9-1-3-10(4-2-9)8-12-17-5-6-18-12/h5-8,14-15H,1-4,9-11,17H2,(H,18,19);4-7,13-14H,1-3,8-10,16H2,(H,17,18);1-4,12-13H,5-9,15H2,(H,16,17);2*1-4,11-12H,5-8,14H2,(H,15,16);1-4,11-12H,5-8,14H2,(H,15,16). The summed E-state index contributed by atoms with van der Waals surface area (Å²) in [6, 6.07) is 41.3. The molecule has 6 unspecified atom stereocenters. The van der Waals surface area contributed by atoms with Gasteiger partial charge >= 0.3 is 35.8 Å². The number of unbranched alkanes of at least 4 members (excludes halogenated alkanes) is 1. The Kier molecular flexibility index (Phi) is 43.4. The van der Waals surface area contributed by atoms with Crippen LogP contribution in [0.5, 0.6) is 5.75 Å². The van der Waals surface area contributed by atoms with E-state index in [0.29, 0.717) is 137 Å². The lowest BCUT2D eigenvalue weighted by atomic mass is 10.0. The number of hydrogen-bond donors (Lipinski definition) is 12. The predicted molar refractivity (Wildman–Crippen MR) is 427 cm³/mol. The smallest absolute Gasteiger partial charge is 0.320 e. The number of benzene rings is 6. The van der Waals surface area contributed by atoms with E-state index in [4.69, 9.17) is 127 Å². The van der Waals surface area contributed by atoms with Gasteiger partial charge in [0.05, 0.1) is 79.3 Å². The van der Waals surface area contributed by atoms with Gasteiger partial charge in [0.1, 0.15) is 48.6 Å². The summed E-state index contributed by atoms with van der Waals surface area (Å²) in [7, 11) is 0. The molecule has 0 amide bonds. The minimum Gasteiger partial charge on any atom is -0.488 e. The molecule has 18 N–H and O–H groups in total. The molecule has 0 aromatic heterocycles. The molecule has 636 valence electrons. The van der Waals surface area contributed by atoms with Gasteiger partial charge in [-0.25, -0.2) is 0 Å². The van der Waals surface area contributed by atoms with Crippen molar-refractivity contribution in [1.29, 1.82) is 0 Å². The Labute approximate surface area is 680 Å². The molecule has 12 rings (SSSR count). The summed E-state index contributed by atoms with van der Waals surface area (Å²) < 4.78 is 69.7. The van der Waals surface area contributed by atoms with Crippen LogP contribution in [0.3, 0.4) is 0 Å². The van der Waals surface area contributed by atoms with Gasteiger partial charge in [-0.1, -0.05) is 121 Å². The van der Waals surface area contributed by atoms with Crippen molar-refractivity contribution in [2.24, 2.45) is 34.4 Å². The lowest BCUT2D eigenvalue weighted by molar-refractivity contribution is -0.139. The Morgan fingerprint density at radius 2 is 0.543 bits per heavy atom. The first kappa shape index (κ1) is 94.7. The monoisotopic (exact) mass is 1640 g/mol. The van der Waals surface area contributed by atoms with Crippen LogP contribution in [0.25, 0.3) is 0 Å². The molecule has 0 bridgehead atoms. The van der Waals surface area contributed by atoms with Crippen molar-refractivity contribution in [3.63, 3.8) is 0 Å². The maximum absolute atomic E-state index is 10.7. The molecule has 0 aliphatic carbocycles. The maximum atomic E-state index is 10.7. The highest BCUT2D eigenvalue weighted by Gasteiger charge is 2.24. The van der Waals surface area contributed by atoms with E-state index < -0.39 is 72.1 Å². The van der Waals surface area contributed by atoms with Crippen molar-refractivity contribution in [2.45, 2.75) is 182 Å². The van der Waals surface area contributed by atoms with Gasteiger partial charge in [0.25, 0.3) is 0 Å². The summed E-state index contributed by atoms with van der Waals surface area (Å²) in [6.07, 6.45) is 10.8. The van der Waals surface area contributed by atoms with Crippen LogP contribution < -0.4 is 39.1 Å². The van der Waals surface area contributed by atoms with Crippen molar-refractivity contribution in [3.05, 3.63) is 201 Å². The Morgan fingerprint density at radius 3 is 0.879 bits per heavy atom. The number of nitrogens with two attached hydrogens (primary N) is 6. The number of aryl methyl sites for hydroxylation is 3. The van der Waals surface area contributed by atoms with E-state index in [0.717, 1.165) is 107 Å². The zero-order valence-corrected chi connectivity index (χ0v) is 66.1. The molecule has 116 heavy (non-hydrogen) atoms. The molecule has 6 fully saturated rings. The van der Waals surface area contributed by atoms with E-state index in [-0.39, 0.29) is 37.7 Å². The van der Waals surface area contributed by atoms with E-state index in [1.807, 2.05) is 121 Å². The number of carboxylic acids is 6. The van der Waals surface area contributed by atoms with Gasteiger partial charge in [-0.05, 0) is 170 Å². The van der Waals surface area contributed by atoms with Crippen LogP contribution in [0.4, 0.5) is 0 Å². The van der Waals surface area contributed by atoms with Crippen LogP contribution in [0.1, 0.15) is 94.2 Å². The fraction of sp³-hybridized carbons (Fsp3) is 0.500. The third-order valence-corrected chi connectivity index (χ3v) is 19.7. The Hall–Kier alpha value is -8.43. The van der Waals surface area contributed by atoms with E-state index in [2.05, 4.69) is 0 Å². The summed E-state index contributed by atoms with van der Waals surface area (Å²) >= 11 is 1.65. The molecule has 6 atom stereocenters. The molecule has 6 aromatic carbocycles. The number of hydrogen-bond acceptors (Lipinski definition) is 26. The first-order chi connectivity index (χ1) is 55.9. The SMILES string of the molecule is NC(Cc1ccc(CC2OCCO2)cc1)C(=O)O.NC(Cc1ccc(CCC2OCCO2)cc1)C(=O)O.NC(Cc1ccc(CCCC2OCCO2)cc1)C(=O)O.NC(Cc1ccc(CCCCC2OCCO2)cc1)C(=O)O.NC(Cc1ccc(OCC2OCCO2)cc1)C(=O)O.NC(Cc1ccc(SCC2OCCO2)cc1)C(=O)O. The number of ether oxygens (including phenoxy) is 13. The predicted octanol–water partition coefficient (Wildman–Crippen LogP) is 6.06. The second-order valence-electron chi connectivity index (χ2n) is 28.0. The van der Waals surface area contributed by atoms with Crippen LogP contribution in [0.2, 0.25) is 0 Å². The average molecular weight is 1640 g/mol. The molecule has 0 radical (unpaired) electrons. The van der Waals surface area contributed by atoms with Gasteiger partial charge in [0.15, 0.2) is 37.7 Å². The van der Waals surface area contributed by atoms with Crippen LogP contribution >= 0.6 is 11.8 Å². The quantitative estimate of drug-likeness (QED) is 0.0155. The lowest BCUT2D eigenvalue weighted by Gasteiger charge is -2.12. The van der Waals surface area contributed by atoms with Crippen LogP contribution in [-0.2, 0) is 150 Å². The van der Waals surface area contributed by atoms with Crippen LogP contribution in [0, 0.1) is 0 Å². The first-order valence-corrected chi connectivity index (χ1v) is 39.9. The van der Waals surface area contributed by atoms with Crippen molar-refractivity contribution in [1.82, 2.24) is 0 Å². The molecule has 6 aliphatic heterocycles. The molecule has 0 spiro atoms. The lowest BCUT2D eigenvalue weighted by Crippen LogP contribution is -2.32. The number of carbonyl (C=O) groups is 6. The Bertz CT molecular complexity index is 3590. The maximum Gasteiger partial charge on any atom is 0.320 e. The van der Waals surface area contributed by atoms with Crippen molar-refractivity contribution < 1.29 is 121 Å². The zero-order chi connectivity index (χ0) is 83.4. The van der Waals surface area contributed by atoms with Gasteiger partial charge in [-0.2, -0.15) is 0 Å². The molecular formula is C84H114N6O25S. The van der Waals surface area contributed by atoms with Gasteiger partial charge in [-0.3, -0.25) is 28.8 Å². The van der Waals surface area contributed by atoms with E-state index in [1.54, 1.807) is 36.0 Å². The topological polar surface area (TPSA) is 500 Å². The highest BCUT2D eigenvalue weighted by molar-refractivity contribution is 7.99. The normalized spacial score (nSPS) is 17.4. The number of aliphatic carboxylic acids is 6. The number of rotatable bonds is 38. The van der Waals surface area contributed by atoms with E-state index in [1.165, 1.54) is 16.7 Å². The summed E-state index contributed by atoms with van der Waals surface area (Å²) in [5.74, 6) is -4.42. The third kappa shape index (κ3) is 38.3. The molecule has 6 aliphatic rings. The van der Waals surface area contributed by atoms with Gasteiger partial charge in [-0.15, -0.1) is 11.8 Å². The minimum absolute atomic E-state index is 0.00937. The minimum atomic E-state index is -1.00. The van der Waals surface area contributed by atoms with Gasteiger partial charge in [0, 0.05) is 23.5 Å². The van der Waals surface area contributed by atoms with Crippen LogP contribution in [0.15, 0.2) is 150 Å². The van der Waals surface area contributed by atoms with E-state index in [9.17, 15) is 28.8 Å². The second-order valence-corrected chi connectivity index (χ2v) is 29.1. The number of thioether (sulfide) groups is 1. The third-order valence-electron chi connectivity index (χ3n) is 18.6. The number of carboxylic acid groups (broad SMARTS) is 6. The largest absolute Gasteiger partial charge is 0.488 e. The summed E-state index contributed by atoms with van der Waals surface area (Å²) in [5.41, 5.74) is 43.3. The molecule has 32 heteroatoms. The molecular weight excluding hydrogens is 1530 g/mol. The molecule has 0 saturated carbocycles. The molecule has 31 nitrogen and oxygen atoms in total. The molecule has 6 aromatic rings. The van der Waals surface area contributed by atoms with Crippen molar-refractivity contribution in [2.75, 3.05) is 91.6 Å². The second kappa shape index (κ2) is 53.1. The highest BCUT2D eigenvalue weighted by Crippen LogP contribution is 2.24. The fourth-order valence-electron chi connectivity index (χ4n) is 12.0. The molecule has 6 saturated heterocycles. The zero-order valence-electron chi connectivity index (χ0n) is 65.3.